The number of nitrogens with zero attached hydrogens (tertiary/aromatic N) is 4. The Bertz CT molecular complexity index is 1460. The van der Waals surface area contributed by atoms with Gasteiger partial charge in [-0.3, -0.25) is 14.9 Å². The van der Waals surface area contributed by atoms with Crippen LogP contribution in [0, 0.1) is 10.1 Å². The Kier molecular flexibility index (Phi) is 7.72. The van der Waals surface area contributed by atoms with Crippen LogP contribution in [0.4, 0.5) is 11.4 Å². The average Bonchev–Trinajstić information content (AvgIpc) is 3.27. The molecule has 1 saturated heterocycles. The molecule has 38 heavy (non-hydrogen) atoms. The highest BCUT2D eigenvalue weighted by Gasteiger charge is 2.21. The van der Waals surface area contributed by atoms with E-state index in [2.05, 4.69) is 26.9 Å². The van der Waals surface area contributed by atoms with Crippen LogP contribution in [0.3, 0.4) is 0 Å². The topological polar surface area (TPSA) is 93.3 Å². The molecule has 5 rings (SSSR count). The van der Waals surface area contributed by atoms with Crippen LogP contribution in [0.2, 0.25) is 5.02 Å². The van der Waals surface area contributed by atoms with Gasteiger partial charge in [0.2, 0.25) is 5.91 Å². The fraction of sp³-hybridized carbons (Fsp3) is 0.310. The number of nitro benzene ring substituents is 1. The smallest absolute Gasteiger partial charge is 0.271 e. The number of non-ortho nitro benzene ring substituents is 1. The number of fused-ring (bicyclic) bond motifs is 1. The molecular weight excluding hydrogens is 502 g/mol. The van der Waals surface area contributed by atoms with E-state index < -0.39 is 0 Å². The molecule has 1 aliphatic rings. The molecule has 2 heterocycles. The van der Waals surface area contributed by atoms with E-state index in [1.54, 1.807) is 6.07 Å². The largest absolute Gasteiger partial charge is 0.326 e. The number of hydrogen-bond acceptors (Lipinski definition) is 5. The van der Waals surface area contributed by atoms with Gasteiger partial charge in [0, 0.05) is 41.9 Å². The van der Waals surface area contributed by atoms with Crippen molar-refractivity contribution in [1.82, 2.24) is 14.5 Å². The van der Waals surface area contributed by atoms with Crippen LogP contribution >= 0.6 is 11.6 Å². The number of nitro groups is 1. The number of rotatable bonds is 8. The van der Waals surface area contributed by atoms with Gasteiger partial charge in [-0.05, 0) is 92.8 Å². The van der Waals surface area contributed by atoms with Crippen molar-refractivity contribution in [2.75, 3.05) is 25.0 Å². The molecule has 196 valence electrons. The molecule has 1 amide bonds. The van der Waals surface area contributed by atoms with Crippen LogP contribution in [-0.2, 0) is 11.3 Å². The van der Waals surface area contributed by atoms with E-state index in [0.717, 1.165) is 68.0 Å². The van der Waals surface area contributed by atoms with E-state index in [0.29, 0.717) is 16.5 Å². The number of carbonyl (C=O) groups excluding carboxylic acids is 1. The summed E-state index contributed by atoms with van der Waals surface area (Å²) in [5, 5.41) is 14.8. The standard InChI is InChI=1S/C29H30ClN5O3/c1-20(36)31-25-5-2-4-23(18-25)21-12-16-33(17-13-21)14-3-15-34-28-11-10-26(35(37)38)19-27(28)32-29(34)22-6-8-24(30)9-7-22/h2,4-11,18-19,21H,3,12-17H2,1H3,(H,31,36). The molecule has 1 fully saturated rings. The van der Waals surface area contributed by atoms with Crippen molar-refractivity contribution in [3.05, 3.63) is 87.4 Å². The van der Waals surface area contributed by atoms with E-state index in [-0.39, 0.29) is 16.5 Å². The average molecular weight is 532 g/mol. The fourth-order valence-electron chi connectivity index (χ4n) is 5.29. The predicted molar refractivity (Wildman–Crippen MR) is 151 cm³/mol. The molecule has 1 aliphatic heterocycles. The van der Waals surface area contributed by atoms with Crippen LogP contribution in [0.25, 0.3) is 22.4 Å². The molecule has 0 spiro atoms. The Morgan fingerprint density at radius 3 is 2.55 bits per heavy atom. The van der Waals surface area contributed by atoms with Gasteiger partial charge in [-0.2, -0.15) is 0 Å². The Hall–Kier alpha value is -3.75. The van der Waals surface area contributed by atoms with Crippen molar-refractivity contribution in [3.8, 4) is 11.4 Å². The van der Waals surface area contributed by atoms with Crippen molar-refractivity contribution in [3.63, 3.8) is 0 Å². The molecule has 0 unspecified atom stereocenters. The first-order valence-corrected chi connectivity index (χ1v) is 13.3. The highest BCUT2D eigenvalue weighted by atomic mass is 35.5. The molecular formula is C29H30ClN5O3. The van der Waals surface area contributed by atoms with Crippen LogP contribution in [0.1, 0.15) is 37.7 Å². The lowest BCUT2D eigenvalue weighted by Gasteiger charge is -2.32. The third-order valence-corrected chi connectivity index (χ3v) is 7.42. The van der Waals surface area contributed by atoms with E-state index >= 15 is 0 Å². The number of halogens is 1. The number of aromatic nitrogens is 2. The number of benzene rings is 3. The zero-order valence-corrected chi connectivity index (χ0v) is 22.0. The number of piperidine rings is 1. The molecule has 0 atom stereocenters. The summed E-state index contributed by atoms with van der Waals surface area (Å²) < 4.78 is 2.16. The molecule has 1 aromatic heterocycles. The monoisotopic (exact) mass is 531 g/mol. The molecule has 0 radical (unpaired) electrons. The maximum absolute atomic E-state index is 11.4. The van der Waals surface area contributed by atoms with Gasteiger partial charge >= 0.3 is 0 Å². The second-order valence-electron chi connectivity index (χ2n) is 9.80. The van der Waals surface area contributed by atoms with E-state index in [1.165, 1.54) is 24.6 Å². The summed E-state index contributed by atoms with van der Waals surface area (Å²) in [6.45, 7) is 5.29. The number of likely N-dealkylation sites (tertiary alicyclic amines) is 1. The first-order valence-electron chi connectivity index (χ1n) is 12.9. The van der Waals surface area contributed by atoms with Gasteiger partial charge < -0.3 is 14.8 Å². The first kappa shape index (κ1) is 25.9. The number of nitrogens with one attached hydrogen (secondary N) is 1. The molecule has 0 saturated carbocycles. The van der Waals surface area contributed by atoms with Crippen LogP contribution in [0.5, 0.6) is 0 Å². The van der Waals surface area contributed by atoms with Crippen LogP contribution in [-0.4, -0.2) is 44.9 Å². The highest BCUT2D eigenvalue weighted by Crippen LogP contribution is 2.31. The number of amides is 1. The van der Waals surface area contributed by atoms with Gasteiger partial charge in [0.05, 0.1) is 16.0 Å². The third kappa shape index (κ3) is 5.87. The van der Waals surface area contributed by atoms with Gasteiger partial charge in [-0.1, -0.05) is 23.7 Å². The Labute approximate surface area is 226 Å². The summed E-state index contributed by atoms with van der Waals surface area (Å²) in [5.41, 5.74) is 4.60. The van der Waals surface area contributed by atoms with Crippen molar-refractivity contribution in [2.45, 2.75) is 38.6 Å². The molecule has 4 aromatic rings. The Morgan fingerprint density at radius 1 is 1.08 bits per heavy atom. The second kappa shape index (κ2) is 11.3. The molecule has 1 N–H and O–H groups in total. The van der Waals surface area contributed by atoms with Crippen molar-refractivity contribution >= 4 is 39.9 Å². The minimum Gasteiger partial charge on any atom is -0.326 e. The molecule has 0 bridgehead atoms. The summed E-state index contributed by atoms with van der Waals surface area (Å²) >= 11 is 6.10. The second-order valence-corrected chi connectivity index (χ2v) is 10.2. The summed E-state index contributed by atoms with van der Waals surface area (Å²) in [5.74, 6) is 1.22. The van der Waals surface area contributed by atoms with Crippen molar-refractivity contribution < 1.29 is 9.72 Å². The van der Waals surface area contributed by atoms with Gasteiger partial charge in [0.1, 0.15) is 5.82 Å². The summed E-state index contributed by atoms with van der Waals surface area (Å²) in [7, 11) is 0. The number of carbonyl (C=O) groups is 1. The normalized spacial score (nSPS) is 14.6. The lowest BCUT2D eigenvalue weighted by Crippen LogP contribution is -2.34. The summed E-state index contributed by atoms with van der Waals surface area (Å²) in [6, 6.07) is 20.6. The number of aryl methyl sites for hydroxylation is 1. The molecule has 9 heteroatoms. The lowest BCUT2D eigenvalue weighted by molar-refractivity contribution is -0.384. The maximum Gasteiger partial charge on any atom is 0.271 e. The predicted octanol–water partition coefficient (Wildman–Crippen LogP) is 6.49. The third-order valence-electron chi connectivity index (χ3n) is 7.17. The first-order chi connectivity index (χ1) is 18.4. The maximum atomic E-state index is 11.4. The molecule has 0 aliphatic carbocycles. The zero-order chi connectivity index (χ0) is 26.6. The van der Waals surface area contributed by atoms with E-state index in [1.807, 2.05) is 36.4 Å². The van der Waals surface area contributed by atoms with Gasteiger partial charge in [0.25, 0.3) is 5.69 Å². The summed E-state index contributed by atoms with van der Waals surface area (Å²) in [4.78, 5) is 29.6. The van der Waals surface area contributed by atoms with E-state index in [9.17, 15) is 14.9 Å². The minimum absolute atomic E-state index is 0.0373. The quantitative estimate of drug-likeness (QED) is 0.207. The minimum atomic E-state index is -0.389. The van der Waals surface area contributed by atoms with Gasteiger partial charge in [0.15, 0.2) is 0 Å². The van der Waals surface area contributed by atoms with Crippen LogP contribution < -0.4 is 5.32 Å². The molecule has 8 nitrogen and oxygen atoms in total. The van der Waals surface area contributed by atoms with Gasteiger partial charge in [-0.25, -0.2) is 4.98 Å². The number of imidazole rings is 1. The number of anilines is 1. The van der Waals surface area contributed by atoms with Gasteiger partial charge in [-0.15, -0.1) is 0 Å². The van der Waals surface area contributed by atoms with Crippen molar-refractivity contribution in [2.24, 2.45) is 0 Å². The van der Waals surface area contributed by atoms with Crippen molar-refractivity contribution in [1.29, 1.82) is 0 Å². The Morgan fingerprint density at radius 2 is 1.84 bits per heavy atom. The van der Waals surface area contributed by atoms with Crippen LogP contribution in [0.15, 0.2) is 66.7 Å². The molecule has 3 aromatic carbocycles. The zero-order valence-electron chi connectivity index (χ0n) is 21.3. The Balaban J connectivity index is 1.25. The highest BCUT2D eigenvalue weighted by molar-refractivity contribution is 6.30. The lowest BCUT2D eigenvalue weighted by atomic mass is 9.89. The summed E-state index contributed by atoms with van der Waals surface area (Å²) in [6.07, 6.45) is 3.10. The number of hydrogen-bond donors (Lipinski definition) is 1. The fourth-order valence-corrected chi connectivity index (χ4v) is 5.42. The SMILES string of the molecule is CC(=O)Nc1cccc(C2CCN(CCCn3c(-c4ccc(Cl)cc4)nc4cc([N+](=O)[O-])ccc43)CC2)c1. The van der Waals surface area contributed by atoms with E-state index in [4.69, 9.17) is 16.6 Å².